The van der Waals surface area contributed by atoms with E-state index in [-0.39, 0.29) is 44.0 Å². The third-order valence-electron chi connectivity index (χ3n) is 11.7. The molecule has 0 rings (SSSR count). The molecule has 6 heteroatoms. The number of rotatable bonds is 50. The first-order valence-electron chi connectivity index (χ1n) is 28.5. The van der Waals surface area contributed by atoms with Crippen LogP contribution >= 0.6 is 0 Å². The summed E-state index contributed by atoms with van der Waals surface area (Å²) in [5.41, 5.74) is 0. The monoisotopic (exact) mass is 969 g/mol. The zero-order chi connectivity index (χ0) is 50.7. The minimum Gasteiger partial charge on any atom is -0.462 e. The molecule has 0 saturated heterocycles. The lowest BCUT2D eigenvalue weighted by atomic mass is 10.0. The summed E-state index contributed by atoms with van der Waals surface area (Å²) in [7, 11) is 0. The Kier molecular flexibility index (Phi) is 54.0. The topological polar surface area (TPSA) is 78.9 Å². The van der Waals surface area contributed by atoms with Crippen LogP contribution in [0.25, 0.3) is 0 Å². The van der Waals surface area contributed by atoms with Crippen LogP contribution in [0.5, 0.6) is 0 Å². The van der Waals surface area contributed by atoms with Crippen molar-refractivity contribution in [2.45, 2.75) is 252 Å². The fourth-order valence-corrected chi connectivity index (χ4v) is 7.46. The molecule has 396 valence electrons. The Morgan fingerprint density at radius 1 is 0.300 bits per heavy atom. The van der Waals surface area contributed by atoms with E-state index in [1.54, 1.807) is 0 Å². The predicted molar refractivity (Wildman–Crippen MR) is 302 cm³/mol. The summed E-state index contributed by atoms with van der Waals surface area (Å²) in [5, 5.41) is 0. The molecule has 0 spiro atoms. The van der Waals surface area contributed by atoms with Crippen LogP contribution < -0.4 is 0 Å². The van der Waals surface area contributed by atoms with Gasteiger partial charge in [0.2, 0.25) is 0 Å². The van der Waals surface area contributed by atoms with Crippen molar-refractivity contribution in [1.82, 2.24) is 0 Å². The lowest BCUT2D eigenvalue weighted by molar-refractivity contribution is -0.166. The summed E-state index contributed by atoms with van der Waals surface area (Å²) >= 11 is 0. The second kappa shape index (κ2) is 57.4. The molecule has 0 aliphatic carbocycles. The number of carbonyl (C=O) groups is 3. The van der Waals surface area contributed by atoms with E-state index in [4.69, 9.17) is 14.2 Å². The summed E-state index contributed by atoms with van der Waals surface area (Å²) in [5.74, 6) is -1.07. The van der Waals surface area contributed by atoms with Crippen molar-refractivity contribution >= 4 is 17.9 Å². The number of carbonyl (C=O) groups excluding carboxylic acids is 3. The van der Waals surface area contributed by atoms with Crippen LogP contribution in [0.2, 0.25) is 0 Å². The SMILES string of the molecule is CC/C=C/C/C=C/C/C=C/C/C=C/C/C=C/C/C=C/CCC(=O)OC[C@@H](COC(=O)CCCCCCCCCCCCCCCCCC)OC(=O)CCC/C=C/C/C=C/C/C=C/C/C=C/CCCCC. The third kappa shape index (κ3) is 54.7. The van der Waals surface area contributed by atoms with Crippen LogP contribution in [0.4, 0.5) is 0 Å². The van der Waals surface area contributed by atoms with Gasteiger partial charge in [-0.1, -0.05) is 251 Å². The predicted octanol–water partition coefficient (Wildman–Crippen LogP) is 19.3. The summed E-state index contributed by atoms with van der Waals surface area (Å²) < 4.78 is 16.7. The van der Waals surface area contributed by atoms with Gasteiger partial charge in [-0.2, -0.15) is 0 Å². The zero-order valence-corrected chi connectivity index (χ0v) is 45.2. The molecular weight excluding hydrogens is 865 g/mol. The van der Waals surface area contributed by atoms with E-state index >= 15 is 0 Å². The van der Waals surface area contributed by atoms with Crippen molar-refractivity contribution in [3.63, 3.8) is 0 Å². The van der Waals surface area contributed by atoms with Gasteiger partial charge in [0.05, 0.1) is 0 Å². The first-order valence-corrected chi connectivity index (χ1v) is 28.5. The maximum absolute atomic E-state index is 12.8. The van der Waals surface area contributed by atoms with Gasteiger partial charge in [-0.3, -0.25) is 14.4 Å². The molecule has 0 radical (unpaired) electrons. The smallest absolute Gasteiger partial charge is 0.306 e. The first kappa shape index (κ1) is 65.8. The Morgan fingerprint density at radius 3 is 1.00 bits per heavy atom. The number of esters is 3. The van der Waals surface area contributed by atoms with E-state index < -0.39 is 6.10 Å². The molecule has 0 aromatic carbocycles. The Balaban J connectivity index is 4.59. The maximum Gasteiger partial charge on any atom is 0.306 e. The highest BCUT2D eigenvalue weighted by molar-refractivity contribution is 5.71. The lowest BCUT2D eigenvalue weighted by Crippen LogP contribution is -2.30. The minimum absolute atomic E-state index is 0.124. The van der Waals surface area contributed by atoms with Crippen LogP contribution in [0.15, 0.2) is 122 Å². The van der Waals surface area contributed by atoms with Gasteiger partial charge < -0.3 is 14.2 Å². The molecule has 70 heavy (non-hydrogen) atoms. The molecule has 0 fully saturated rings. The van der Waals surface area contributed by atoms with Crippen molar-refractivity contribution in [3.05, 3.63) is 122 Å². The summed E-state index contributed by atoms with van der Waals surface area (Å²) in [6.45, 7) is 6.39. The third-order valence-corrected chi connectivity index (χ3v) is 11.7. The van der Waals surface area contributed by atoms with Crippen LogP contribution in [-0.2, 0) is 28.6 Å². The van der Waals surface area contributed by atoms with Gasteiger partial charge in [0.25, 0.3) is 0 Å². The van der Waals surface area contributed by atoms with Gasteiger partial charge in [-0.15, -0.1) is 0 Å². The first-order chi connectivity index (χ1) is 34.5. The molecule has 6 nitrogen and oxygen atoms in total. The van der Waals surface area contributed by atoms with Crippen molar-refractivity contribution in [2.75, 3.05) is 13.2 Å². The zero-order valence-electron chi connectivity index (χ0n) is 45.2. The maximum atomic E-state index is 12.8. The largest absolute Gasteiger partial charge is 0.462 e. The van der Waals surface area contributed by atoms with Crippen molar-refractivity contribution in [2.24, 2.45) is 0 Å². The molecule has 0 aromatic heterocycles. The summed E-state index contributed by atoms with van der Waals surface area (Å²) in [6, 6.07) is 0. The normalized spacial score (nSPS) is 13.0. The van der Waals surface area contributed by atoms with Crippen molar-refractivity contribution in [1.29, 1.82) is 0 Å². The number of hydrogen-bond donors (Lipinski definition) is 0. The summed E-state index contributed by atoms with van der Waals surface area (Å²) in [6.07, 6.45) is 79.2. The molecule has 0 bridgehead atoms. The van der Waals surface area contributed by atoms with Crippen LogP contribution in [-0.4, -0.2) is 37.2 Å². The van der Waals surface area contributed by atoms with Crippen molar-refractivity contribution in [3.8, 4) is 0 Å². The van der Waals surface area contributed by atoms with Gasteiger partial charge in [0.1, 0.15) is 13.2 Å². The van der Waals surface area contributed by atoms with E-state index in [1.807, 2.05) is 12.2 Å². The highest BCUT2D eigenvalue weighted by Gasteiger charge is 2.19. The average Bonchev–Trinajstić information content (AvgIpc) is 3.36. The molecule has 0 aliphatic heterocycles. The molecule has 0 unspecified atom stereocenters. The number of ether oxygens (including phenoxy) is 3. The number of hydrogen-bond acceptors (Lipinski definition) is 6. The molecule has 0 saturated carbocycles. The Labute approximate surface area is 431 Å². The van der Waals surface area contributed by atoms with Gasteiger partial charge in [-0.05, 0) is 96.3 Å². The quantitative estimate of drug-likeness (QED) is 0.0262. The van der Waals surface area contributed by atoms with Gasteiger partial charge in [0, 0.05) is 19.3 Å². The van der Waals surface area contributed by atoms with Gasteiger partial charge in [-0.25, -0.2) is 0 Å². The highest BCUT2D eigenvalue weighted by Crippen LogP contribution is 2.15. The number of allylic oxidation sites excluding steroid dienone is 20. The van der Waals surface area contributed by atoms with E-state index in [9.17, 15) is 14.4 Å². The molecule has 1 atom stereocenters. The Hall–Kier alpha value is -4.19. The standard InChI is InChI=1S/C64H104O6/c1-4-7-10-13-16-19-22-25-28-31-32-34-36-39-42-45-48-51-54-57-63(66)69-60-61(59-68-62(65)56-53-50-47-44-41-38-35-30-27-24-21-18-15-12-9-6-3)70-64(67)58-55-52-49-46-43-40-37-33-29-26-23-20-17-14-11-8-5-2/h7,10,16-17,19-20,25-26,28-29,32,34,37,39-40,42,46,48-49,51,61H,4-6,8-9,11-15,18,21-24,27,30-31,33,35-36,38,41,43-45,47,50,52-60H2,1-3H3/b10-7+,19-16+,20-17+,28-25+,29-26+,34-32+,40-37+,42-39+,49-46+,51-48+/t61-/m1/s1. The Morgan fingerprint density at radius 2 is 0.600 bits per heavy atom. The molecular formula is C64H104O6. The van der Waals surface area contributed by atoms with E-state index in [2.05, 4.69) is 130 Å². The Bertz CT molecular complexity index is 1490. The molecule has 0 N–H and O–H groups in total. The summed E-state index contributed by atoms with van der Waals surface area (Å²) in [4.78, 5) is 38.1. The van der Waals surface area contributed by atoms with E-state index in [1.165, 1.54) is 109 Å². The van der Waals surface area contributed by atoms with E-state index in [0.29, 0.717) is 19.3 Å². The fourth-order valence-electron chi connectivity index (χ4n) is 7.46. The van der Waals surface area contributed by atoms with Crippen LogP contribution in [0.1, 0.15) is 245 Å². The number of unbranched alkanes of at least 4 members (excludes halogenated alkanes) is 19. The second-order valence-corrected chi connectivity index (χ2v) is 18.5. The fraction of sp³-hybridized carbons (Fsp3) is 0.641. The molecule has 0 aliphatic rings. The van der Waals surface area contributed by atoms with Crippen molar-refractivity contribution < 1.29 is 28.6 Å². The lowest BCUT2D eigenvalue weighted by Gasteiger charge is -2.18. The average molecular weight is 970 g/mol. The molecule has 0 heterocycles. The highest BCUT2D eigenvalue weighted by atomic mass is 16.6. The second-order valence-electron chi connectivity index (χ2n) is 18.5. The van der Waals surface area contributed by atoms with Crippen LogP contribution in [0, 0.1) is 0 Å². The van der Waals surface area contributed by atoms with E-state index in [0.717, 1.165) is 83.5 Å². The molecule has 0 amide bonds. The van der Waals surface area contributed by atoms with Crippen LogP contribution in [0.3, 0.4) is 0 Å². The minimum atomic E-state index is -0.839. The molecule has 0 aromatic rings. The van der Waals surface area contributed by atoms with Gasteiger partial charge >= 0.3 is 17.9 Å². The van der Waals surface area contributed by atoms with Gasteiger partial charge in [0.15, 0.2) is 6.10 Å².